The summed E-state index contributed by atoms with van der Waals surface area (Å²) in [5.41, 5.74) is 9.07. The number of hydrogen-bond acceptors (Lipinski definition) is 1. The van der Waals surface area contributed by atoms with Gasteiger partial charge in [-0.1, -0.05) is 26.0 Å². The molecule has 2 rings (SSSR count). The first-order chi connectivity index (χ1) is 6.18. The first kappa shape index (κ1) is 8.17. The minimum atomic E-state index is 0.564. The molecule has 1 heterocycles. The van der Waals surface area contributed by atoms with Crippen molar-refractivity contribution in [1.82, 2.24) is 4.98 Å². The summed E-state index contributed by atoms with van der Waals surface area (Å²) in [6, 6.07) is 6.38. The van der Waals surface area contributed by atoms with Crippen LogP contribution in [0.25, 0.3) is 10.9 Å². The van der Waals surface area contributed by atoms with Gasteiger partial charge in [-0.3, -0.25) is 0 Å². The Balaban J connectivity index is 2.63. The molecule has 2 nitrogen and oxygen atoms in total. The molecule has 0 amide bonds. The van der Waals surface area contributed by atoms with Crippen molar-refractivity contribution in [3.8, 4) is 0 Å². The molecule has 13 heavy (non-hydrogen) atoms. The monoisotopic (exact) mass is 174 g/mol. The van der Waals surface area contributed by atoms with Crippen molar-refractivity contribution < 1.29 is 0 Å². The van der Waals surface area contributed by atoms with Crippen LogP contribution in [0.2, 0.25) is 0 Å². The van der Waals surface area contributed by atoms with Gasteiger partial charge in [-0.25, -0.2) is 0 Å². The lowest BCUT2D eigenvalue weighted by Gasteiger charge is -2.04. The molecule has 2 heteroatoms. The summed E-state index contributed by atoms with van der Waals surface area (Å²) in [6.07, 6.45) is 1.84. The normalized spacial score (nSPS) is 11.3. The third kappa shape index (κ3) is 1.28. The van der Waals surface area contributed by atoms with E-state index in [9.17, 15) is 0 Å². The molecular formula is C11H14N2. The highest BCUT2D eigenvalue weighted by molar-refractivity contribution is 5.91. The maximum atomic E-state index is 5.77. The zero-order valence-electron chi connectivity index (χ0n) is 7.96. The largest absolute Gasteiger partial charge is 0.397 e. The highest BCUT2D eigenvalue weighted by atomic mass is 14.7. The zero-order valence-corrected chi connectivity index (χ0v) is 7.96. The van der Waals surface area contributed by atoms with Crippen LogP contribution in [0.4, 0.5) is 5.69 Å². The molecule has 0 fully saturated rings. The molecule has 0 aliphatic rings. The predicted molar refractivity (Wildman–Crippen MR) is 56.8 cm³/mol. The van der Waals surface area contributed by atoms with Gasteiger partial charge in [0.2, 0.25) is 0 Å². The lowest BCUT2D eigenvalue weighted by molar-refractivity contribution is 0.868. The van der Waals surface area contributed by atoms with Gasteiger partial charge in [-0.2, -0.15) is 0 Å². The van der Waals surface area contributed by atoms with Crippen molar-refractivity contribution in [2.24, 2.45) is 0 Å². The molecule has 0 saturated carbocycles. The summed E-state index contributed by atoms with van der Waals surface area (Å²) in [5.74, 6) is 0.564. The first-order valence-corrected chi connectivity index (χ1v) is 4.55. The Morgan fingerprint density at radius 1 is 1.31 bits per heavy atom. The van der Waals surface area contributed by atoms with Crippen LogP contribution in [0.15, 0.2) is 24.4 Å². The second-order valence-corrected chi connectivity index (χ2v) is 3.70. The number of rotatable bonds is 1. The second-order valence-electron chi connectivity index (χ2n) is 3.70. The van der Waals surface area contributed by atoms with E-state index in [1.807, 2.05) is 6.20 Å². The summed E-state index contributed by atoms with van der Waals surface area (Å²) < 4.78 is 0. The van der Waals surface area contributed by atoms with Crippen molar-refractivity contribution in [3.05, 3.63) is 30.0 Å². The Bertz CT molecular complexity index is 427. The Morgan fingerprint density at radius 3 is 2.77 bits per heavy atom. The van der Waals surface area contributed by atoms with Gasteiger partial charge in [-0.05, 0) is 17.5 Å². The van der Waals surface area contributed by atoms with E-state index in [4.69, 9.17) is 5.73 Å². The molecule has 0 atom stereocenters. The molecule has 1 aromatic carbocycles. The highest BCUT2D eigenvalue weighted by Gasteiger charge is 2.03. The maximum Gasteiger partial charge on any atom is 0.0571 e. The van der Waals surface area contributed by atoms with Crippen LogP contribution in [0.1, 0.15) is 25.3 Å². The Kier molecular flexibility index (Phi) is 1.76. The van der Waals surface area contributed by atoms with Crippen LogP contribution in [-0.4, -0.2) is 4.98 Å². The fourth-order valence-electron chi connectivity index (χ4n) is 1.53. The number of H-pyrrole nitrogens is 1. The van der Waals surface area contributed by atoms with E-state index in [2.05, 4.69) is 37.0 Å². The summed E-state index contributed by atoms with van der Waals surface area (Å²) in [7, 11) is 0. The molecule has 2 aromatic rings. The quantitative estimate of drug-likeness (QED) is 0.685. The number of nitrogens with two attached hydrogens (primary N) is 1. The van der Waals surface area contributed by atoms with Crippen molar-refractivity contribution in [2.45, 2.75) is 19.8 Å². The summed E-state index contributed by atoms with van der Waals surface area (Å²) in [6.45, 7) is 4.38. The third-order valence-electron chi connectivity index (χ3n) is 2.40. The molecule has 0 aliphatic heterocycles. The van der Waals surface area contributed by atoms with Gasteiger partial charge in [-0.15, -0.1) is 0 Å². The molecule has 0 saturated heterocycles. The van der Waals surface area contributed by atoms with Gasteiger partial charge in [0.05, 0.1) is 5.69 Å². The Hall–Kier alpha value is -1.44. The van der Waals surface area contributed by atoms with Crippen LogP contribution < -0.4 is 5.73 Å². The van der Waals surface area contributed by atoms with Gasteiger partial charge in [0, 0.05) is 17.1 Å². The molecular weight excluding hydrogens is 160 g/mol. The molecule has 0 aliphatic carbocycles. The zero-order chi connectivity index (χ0) is 9.42. The van der Waals surface area contributed by atoms with Crippen LogP contribution in [-0.2, 0) is 0 Å². The first-order valence-electron chi connectivity index (χ1n) is 4.55. The fourth-order valence-corrected chi connectivity index (χ4v) is 1.53. The third-order valence-corrected chi connectivity index (χ3v) is 2.40. The van der Waals surface area contributed by atoms with Gasteiger partial charge < -0.3 is 10.7 Å². The minimum Gasteiger partial charge on any atom is -0.397 e. The average Bonchev–Trinajstić information content (AvgIpc) is 2.47. The topological polar surface area (TPSA) is 41.8 Å². The van der Waals surface area contributed by atoms with E-state index in [0.717, 1.165) is 16.6 Å². The van der Waals surface area contributed by atoms with E-state index in [1.54, 1.807) is 0 Å². The number of anilines is 1. The average molecular weight is 174 g/mol. The lowest BCUT2D eigenvalue weighted by Crippen LogP contribution is -1.86. The summed E-state index contributed by atoms with van der Waals surface area (Å²) in [4.78, 5) is 3.16. The van der Waals surface area contributed by atoms with Crippen LogP contribution in [0, 0.1) is 0 Å². The fraction of sp³-hybridized carbons (Fsp3) is 0.273. The number of nitrogen functional groups attached to an aromatic ring is 1. The van der Waals surface area contributed by atoms with Crippen molar-refractivity contribution in [1.29, 1.82) is 0 Å². The van der Waals surface area contributed by atoms with Crippen molar-refractivity contribution in [3.63, 3.8) is 0 Å². The van der Waals surface area contributed by atoms with E-state index in [-0.39, 0.29) is 0 Å². The number of aromatic nitrogens is 1. The Morgan fingerprint density at radius 2 is 2.08 bits per heavy atom. The molecule has 68 valence electrons. The SMILES string of the molecule is CC(C)c1ccc2c(N)c[nH]c2c1. The van der Waals surface area contributed by atoms with Gasteiger partial charge >= 0.3 is 0 Å². The number of aromatic amines is 1. The van der Waals surface area contributed by atoms with E-state index >= 15 is 0 Å². The number of benzene rings is 1. The maximum absolute atomic E-state index is 5.77. The van der Waals surface area contributed by atoms with Crippen LogP contribution in [0.3, 0.4) is 0 Å². The van der Waals surface area contributed by atoms with E-state index in [0.29, 0.717) is 5.92 Å². The molecule has 0 radical (unpaired) electrons. The number of hydrogen-bond donors (Lipinski definition) is 2. The van der Waals surface area contributed by atoms with Gasteiger partial charge in [0.25, 0.3) is 0 Å². The lowest BCUT2D eigenvalue weighted by atomic mass is 10.0. The van der Waals surface area contributed by atoms with Gasteiger partial charge in [0.1, 0.15) is 0 Å². The van der Waals surface area contributed by atoms with Crippen molar-refractivity contribution >= 4 is 16.6 Å². The second kappa shape index (κ2) is 2.80. The standard InChI is InChI=1S/C11H14N2/c1-7(2)8-3-4-9-10(12)6-13-11(9)5-8/h3-7,13H,12H2,1-2H3. The molecule has 0 bridgehead atoms. The van der Waals surface area contributed by atoms with Crippen LogP contribution in [0.5, 0.6) is 0 Å². The summed E-state index contributed by atoms with van der Waals surface area (Å²) >= 11 is 0. The summed E-state index contributed by atoms with van der Waals surface area (Å²) in [5, 5.41) is 1.12. The molecule has 3 N–H and O–H groups in total. The predicted octanol–water partition coefficient (Wildman–Crippen LogP) is 2.87. The number of nitrogens with one attached hydrogen (secondary N) is 1. The molecule has 0 spiro atoms. The highest BCUT2D eigenvalue weighted by Crippen LogP contribution is 2.24. The van der Waals surface area contributed by atoms with E-state index in [1.165, 1.54) is 5.56 Å². The smallest absolute Gasteiger partial charge is 0.0571 e. The molecule has 0 unspecified atom stereocenters. The number of fused-ring (bicyclic) bond motifs is 1. The van der Waals surface area contributed by atoms with Crippen molar-refractivity contribution in [2.75, 3.05) is 5.73 Å². The van der Waals surface area contributed by atoms with E-state index < -0.39 is 0 Å². The minimum absolute atomic E-state index is 0.564. The Labute approximate surface area is 77.8 Å². The molecule has 1 aromatic heterocycles. The van der Waals surface area contributed by atoms with Gasteiger partial charge in [0.15, 0.2) is 0 Å². The van der Waals surface area contributed by atoms with Crippen LogP contribution >= 0.6 is 0 Å².